The summed E-state index contributed by atoms with van der Waals surface area (Å²) in [5.41, 5.74) is 0. The zero-order valence-electron chi connectivity index (χ0n) is 18.8. The van der Waals surface area contributed by atoms with E-state index in [9.17, 15) is 0 Å². The Morgan fingerprint density at radius 3 is 0.640 bits per heavy atom. The van der Waals surface area contributed by atoms with E-state index in [1.807, 2.05) is 0 Å². The first-order valence-corrected chi connectivity index (χ1v) is 15.9. The summed E-state index contributed by atoms with van der Waals surface area (Å²) in [5.74, 6) is 1.53. The van der Waals surface area contributed by atoms with Crippen LogP contribution in [-0.2, 0) is 33.1 Å². The monoisotopic (exact) mass is 528 g/mol. The van der Waals surface area contributed by atoms with Crippen molar-refractivity contribution in [3.05, 3.63) is 0 Å². The third kappa shape index (κ3) is 9.46. The van der Waals surface area contributed by atoms with Gasteiger partial charge in [-0.3, -0.25) is 0 Å². The van der Waals surface area contributed by atoms with Gasteiger partial charge in [0.25, 0.3) is 0 Å². The van der Waals surface area contributed by atoms with Gasteiger partial charge in [0.15, 0.2) is 0 Å². The molecule has 0 radical (unpaired) electrons. The van der Waals surface area contributed by atoms with Crippen LogP contribution in [0, 0.1) is 23.7 Å². The topological polar surface area (TPSA) is 36.9 Å². The Balaban J connectivity index is 5.72. The summed E-state index contributed by atoms with van der Waals surface area (Å²) in [6.45, 7) is 25.6. The van der Waals surface area contributed by atoms with Crippen molar-refractivity contribution in [3.63, 3.8) is 0 Å². The van der Waals surface area contributed by atoms with E-state index in [0.717, 1.165) is 0 Å². The Kier molecular flexibility index (Phi) is 11.9. The molecule has 0 saturated heterocycles. The average molecular weight is 527 g/mol. The van der Waals surface area contributed by atoms with Gasteiger partial charge in [-0.05, 0) is 0 Å². The van der Waals surface area contributed by atoms with Crippen LogP contribution in [0.15, 0.2) is 0 Å². The van der Waals surface area contributed by atoms with Gasteiger partial charge in [0, 0.05) is 0 Å². The van der Waals surface area contributed by atoms with Crippen LogP contribution in [0.3, 0.4) is 0 Å². The number of rotatable bonds is 12. The molecule has 0 aliphatic rings. The zero-order valence-corrected chi connectivity index (χ0v) is 22.3. The maximum atomic E-state index is 6.52. The van der Waals surface area contributed by atoms with Crippen molar-refractivity contribution in [3.8, 4) is 0 Å². The van der Waals surface area contributed by atoms with Gasteiger partial charge in [0.05, 0.1) is 0 Å². The molecule has 0 rings (SSSR count). The van der Waals surface area contributed by atoms with E-state index >= 15 is 0 Å². The molecule has 25 heavy (non-hydrogen) atoms. The molecule has 0 heterocycles. The van der Waals surface area contributed by atoms with Crippen molar-refractivity contribution in [2.45, 2.75) is 108 Å². The normalized spacial score (nSPS) is 20.2. The fourth-order valence-corrected chi connectivity index (χ4v) is 13.3. The molecule has 152 valence electrons. The van der Waals surface area contributed by atoms with Crippen LogP contribution in [0.4, 0.5) is 0 Å². The summed E-state index contributed by atoms with van der Waals surface area (Å²) in [5, 5.41) is 0. The third-order valence-electron chi connectivity index (χ3n) is 5.08. The van der Waals surface area contributed by atoms with E-state index in [1.165, 1.54) is 0 Å². The van der Waals surface area contributed by atoms with Gasteiger partial charge in [-0.25, -0.2) is 0 Å². The molecule has 0 aromatic heterocycles. The van der Waals surface area contributed by atoms with Crippen molar-refractivity contribution >= 4 is 0 Å². The van der Waals surface area contributed by atoms with Crippen LogP contribution in [0.5, 0.6) is 0 Å². The van der Waals surface area contributed by atoms with Crippen molar-refractivity contribution in [1.82, 2.24) is 0 Å². The van der Waals surface area contributed by atoms with Crippen molar-refractivity contribution in [1.29, 1.82) is 0 Å². The first-order chi connectivity index (χ1) is 11.3. The first-order valence-electron chi connectivity index (χ1n) is 10.0. The zero-order chi connectivity index (χ0) is 19.9. The SMILES string of the molecule is CC(C)C(C)[O][Hf]([O]C(C)C(C)C)([O]C(C)C(C)C)[O]C(C)C(C)C. The summed E-state index contributed by atoms with van der Waals surface area (Å²) >= 11 is -4.39. The summed E-state index contributed by atoms with van der Waals surface area (Å²) in [4.78, 5) is 0. The Morgan fingerprint density at radius 2 is 0.520 bits per heavy atom. The fourth-order valence-electron chi connectivity index (χ4n) is 1.62. The molecule has 4 atom stereocenters. The summed E-state index contributed by atoms with van der Waals surface area (Å²) in [6.07, 6.45) is 0.166. The Morgan fingerprint density at radius 1 is 0.360 bits per heavy atom. The molecule has 0 aliphatic carbocycles. The molecular weight excluding hydrogens is 483 g/mol. The van der Waals surface area contributed by atoms with Gasteiger partial charge in [-0.2, -0.15) is 0 Å². The minimum absolute atomic E-state index is 0.0414. The van der Waals surface area contributed by atoms with Crippen LogP contribution in [0.25, 0.3) is 0 Å². The van der Waals surface area contributed by atoms with Crippen LogP contribution in [0.2, 0.25) is 0 Å². The fraction of sp³-hybridized carbons (Fsp3) is 1.00. The van der Waals surface area contributed by atoms with Gasteiger partial charge in [0.1, 0.15) is 0 Å². The first kappa shape index (κ1) is 25.7. The number of hydrogen-bond donors (Lipinski definition) is 0. The van der Waals surface area contributed by atoms with Crippen molar-refractivity contribution in [2.75, 3.05) is 0 Å². The van der Waals surface area contributed by atoms with E-state index in [1.54, 1.807) is 0 Å². The molecule has 0 aromatic carbocycles. The summed E-state index contributed by atoms with van der Waals surface area (Å²) in [7, 11) is 0. The molecule has 5 heteroatoms. The molecule has 0 fully saturated rings. The Hall–Kier alpha value is 0.710. The summed E-state index contributed by atoms with van der Waals surface area (Å²) in [6, 6.07) is 0. The molecule has 0 N–H and O–H groups in total. The van der Waals surface area contributed by atoms with E-state index < -0.39 is 21.7 Å². The van der Waals surface area contributed by atoms with Gasteiger partial charge in [-0.15, -0.1) is 0 Å². The van der Waals surface area contributed by atoms with E-state index in [2.05, 4.69) is 83.1 Å². The second kappa shape index (κ2) is 11.5. The van der Waals surface area contributed by atoms with Crippen LogP contribution in [-0.4, -0.2) is 24.4 Å². The number of hydrogen-bond acceptors (Lipinski definition) is 4. The Bertz CT molecular complexity index is 288. The van der Waals surface area contributed by atoms with E-state index in [4.69, 9.17) is 11.4 Å². The standard InChI is InChI=1S/4C5H11O.Hf/c4*1-4(2)5(3)6;/h4*4-5H,1-3H3;/q4*-1;+4. The molecule has 0 amide bonds. The van der Waals surface area contributed by atoms with Crippen LogP contribution in [0.1, 0.15) is 83.1 Å². The molecular formula is C20H44HfO4. The maximum absolute atomic E-state index is 6.52. The van der Waals surface area contributed by atoms with E-state index in [-0.39, 0.29) is 24.4 Å². The third-order valence-corrected chi connectivity index (χ3v) is 14.6. The van der Waals surface area contributed by atoms with Crippen LogP contribution < -0.4 is 0 Å². The van der Waals surface area contributed by atoms with Crippen molar-refractivity contribution < 1.29 is 33.1 Å². The molecule has 0 spiro atoms. The van der Waals surface area contributed by atoms with E-state index in [0.29, 0.717) is 23.7 Å². The summed E-state index contributed by atoms with van der Waals surface area (Å²) < 4.78 is 26.1. The molecule has 0 bridgehead atoms. The molecule has 4 unspecified atom stereocenters. The van der Waals surface area contributed by atoms with Gasteiger partial charge >= 0.3 is 164 Å². The predicted octanol–water partition coefficient (Wildman–Crippen LogP) is 6.04. The molecule has 0 saturated carbocycles. The molecule has 0 aromatic rings. The second-order valence-electron chi connectivity index (χ2n) is 8.77. The van der Waals surface area contributed by atoms with Crippen LogP contribution >= 0.6 is 0 Å². The molecule has 0 aliphatic heterocycles. The minimum atomic E-state index is -4.39. The van der Waals surface area contributed by atoms with Gasteiger partial charge in [0.2, 0.25) is 0 Å². The average Bonchev–Trinajstić information content (AvgIpc) is 2.46. The quantitative estimate of drug-likeness (QED) is 0.290. The van der Waals surface area contributed by atoms with Gasteiger partial charge < -0.3 is 0 Å². The van der Waals surface area contributed by atoms with Crippen molar-refractivity contribution in [2.24, 2.45) is 23.7 Å². The second-order valence-corrected chi connectivity index (χ2v) is 15.7. The Labute approximate surface area is 164 Å². The van der Waals surface area contributed by atoms with Gasteiger partial charge in [-0.1, -0.05) is 0 Å². The molecule has 4 nitrogen and oxygen atoms in total. The predicted molar refractivity (Wildman–Crippen MR) is 102 cm³/mol.